The number of aryl methyl sites for hydroxylation is 1. The van der Waals surface area contributed by atoms with Crippen LogP contribution in [0, 0.1) is 0 Å². The number of hydrogen-bond donors (Lipinski definition) is 1. The molecule has 0 atom stereocenters. The molecule has 2 heterocycles. The molecule has 0 bridgehead atoms. The number of hydrogen-bond acceptors (Lipinski definition) is 5. The van der Waals surface area contributed by atoms with Crippen LogP contribution in [0.4, 0.5) is 5.95 Å². The van der Waals surface area contributed by atoms with E-state index in [0.717, 1.165) is 16.2 Å². The molecule has 0 aliphatic rings. The number of nitrogens with two attached hydrogens (primary N) is 1. The van der Waals surface area contributed by atoms with Crippen LogP contribution in [0.3, 0.4) is 0 Å². The molecule has 2 N–H and O–H groups in total. The van der Waals surface area contributed by atoms with E-state index in [-0.39, 0.29) is 0 Å². The average Bonchev–Trinajstić information content (AvgIpc) is 2.47. The first-order valence-electron chi connectivity index (χ1n) is 3.71. The highest BCUT2D eigenvalue weighted by molar-refractivity contribution is 7.98. The Kier molecular flexibility index (Phi) is 1.84. The van der Waals surface area contributed by atoms with Crippen molar-refractivity contribution in [3.05, 3.63) is 6.33 Å². The number of aromatic nitrogens is 4. The van der Waals surface area contributed by atoms with Gasteiger partial charge in [-0.25, -0.2) is 9.97 Å². The lowest BCUT2D eigenvalue weighted by molar-refractivity contribution is 0.928. The predicted molar refractivity (Wildman–Crippen MR) is 52.5 cm³/mol. The van der Waals surface area contributed by atoms with Crippen LogP contribution in [0.5, 0.6) is 0 Å². The smallest absolute Gasteiger partial charge is 0.223 e. The number of imidazole rings is 1. The van der Waals surface area contributed by atoms with Crippen molar-refractivity contribution in [2.75, 3.05) is 12.0 Å². The summed E-state index contributed by atoms with van der Waals surface area (Å²) in [5, 5.41) is 0.822. The van der Waals surface area contributed by atoms with Gasteiger partial charge in [0, 0.05) is 7.05 Å². The second-order valence-electron chi connectivity index (χ2n) is 2.62. The molecule has 2 rings (SSSR count). The van der Waals surface area contributed by atoms with Crippen molar-refractivity contribution >= 4 is 28.9 Å². The molecule has 13 heavy (non-hydrogen) atoms. The quantitative estimate of drug-likeness (QED) is 0.535. The molecule has 0 aliphatic heterocycles. The Morgan fingerprint density at radius 2 is 2.23 bits per heavy atom. The zero-order chi connectivity index (χ0) is 9.42. The van der Waals surface area contributed by atoms with E-state index in [2.05, 4.69) is 15.0 Å². The highest BCUT2D eigenvalue weighted by Crippen LogP contribution is 2.21. The molecule has 0 saturated heterocycles. The standard InChI is InChI=1S/C7H9N5S/c1-12-3-9-4-5(12)10-7(8)11-6(4)13-2/h3H,1-2H3,(H2,8,10,11). The highest BCUT2D eigenvalue weighted by atomic mass is 32.2. The first-order valence-corrected chi connectivity index (χ1v) is 4.93. The molecule has 0 fully saturated rings. The largest absolute Gasteiger partial charge is 0.368 e. The molecule has 0 aliphatic carbocycles. The van der Waals surface area contributed by atoms with Crippen LogP contribution in [0.25, 0.3) is 11.2 Å². The SMILES string of the molecule is CSc1nc(N)nc2c1ncn2C. The van der Waals surface area contributed by atoms with Crippen molar-refractivity contribution in [1.29, 1.82) is 0 Å². The minimum absolute atomic E-state index is 0.292. The van der Waals surface area contributed by atoms with Crippen molar-refractivity contribution in [3.63, 3.8) is 0 Å². The van der Waals surface area contributed by atoms with E-state index < -0.39 is 0 Å². The van der Waals surface area contributed by atoms with Gasteiger partial charge in [-0.3, -0.25) is 0 Å². The van der Waals surface area contributed by atoms with Gasteiger partial charge in [-0.05, 0) is 6.26 Å². The molecule has 0 amide bonds. The summed E-state index contributed by atoms with van der Waals surface area (Å²) in [5.41, 5.74) is 7.14. The van der Waals surface area contributed by atoms with E-state index in [1.807, 2.05) is 17.9 Å². The first kappa shape index (κ1) is 8.31. The maximum absolute atomic E-state index is 5.55. The van der Waals surface area contributed by atoms with Gasteiger partial charge < -0.3 is 10.3 Å². The minimum atomic E-state index is 0.292. The number of nitrogen functional groups attached to an aromatic ring is 1. The Morgan fingerprint density at radius 3 is 2.92 bits per heavy atom. The van der Waals surface area contributed by atoms with E-state index in [4.69, 9.17) is 5.73 Å². The number of nitrogens with zero attached hydrogens (tertiary/aromatic N) is 4. The van der Waals surface area contributed by atoms with Crippen LogP contribution in [-0.4, -0.2) is 25.8 Å². The van der Waals surface area contributed by atoms with Crippen molar-refractivity contribution in [3.8, 4) is 0 Å². The van der Waals surface area contributed by atoms with Crippen LogP contribution in [-0.2, 0) is 7.05 Å². The van der Waals surface area contributed by atoms with Crippen LogP contribution in [0.2, 0.25) is 0 Å². The minimum Gasteiger partial charge on any atom is -0.368 e. The molecule has 0 spiro atoms. The van der Waals surface area contributed by atoms with Gasteiger partial charge in [0.25, 0.3) is 0 Å². The molecule has 68 valence electrons. The Labute approximate surface area is 79.4 Å². The summed E-state index contributed by atoms with van der Waals surface area (Å²) in [6.07, 6.45) is 3.65. The van der Waals surface area contributed by atoms with Crippen LogP contribution < -0.4 is 5.73 Å². The summed E-state index contributed by atoms with van der Waals surface area (Å²) in [6, 6.07) is 0. The zero-order valence-corrected chi connectivity index (χ0v) is 8.17. The normalized spacial score (nSPS) is 10.9. The lowest BCUT2D eigenvalue weighted by Crippen LogP contribution is -1.98. The maximum atomic E-state index is 5.55. The monoisotopic (exact) mass is 195 g/mol. The third-order valence-electron chi connectivity index (χ3n) is 1.74. The van der Waals surface area contributed by atoms with Gasteiger partial charge in [-0.15, -0.1) is 11.8 Å². The highest BCUT2D eigenvalue weighted by Gasteiger charge is 2.08. The predicted octanol–water partition coefficient (Wildman–Crippen LogP) is 0.667. The van der Waals surface area contributed by atoms with Crippen LogP contribution in [0.1, 0.15) is 0 Å². The Hall–Kier alpha value is -1.30. The fourth-order valence-corrected chi connectivity index (χ4v) is 1.66. The van der Waals surface area contributed by atoms with E-state index >= 15 is 0 Å². The lowest BCUT2D eigenvalue weighted by atomic mass is 10.5. The second kappa shape index (κ2) is 2.88. The summed E-state index contributed by atoms with van der Waals surface area (Å²) in [5.74, 6) is 0.292. The molecular weight excluding hydrogens is 186 g/mol. The fourth-order valence-electron chi connectivity index (χ4n) is 1.14. The van der Waals surface area contributed by atoms with Gasteiger partial charge >= 0.3 is 0 Å². The van der Waals surface area contributed by atoms with Gasteiger partial charge in [0.15, 0.2) is 5.65 Å². The Morgan fingerprint density at radius 1 is 1.46 bits per heavy atom. The zero-order valence-electron chi connectivity index (χ0n) is 7.35. The first-order chi connectivity index (χ1) is 6.22. The van der Waals surface area contributed by atoms with Gasteiger partial charge in [0.1, 0.15) is 10.5 Å². The topological polar surface area (TPSA) is 69.6 Å². The molecular formula is C7H9N5S. The summed E-state index contributed by atoms with van der Waals surface area (Å²) in [4.78, 5) is 12.4. The number of thioether (sulfide) groups is 1. The molecule has 2 aromatic rings. The Balaban J connectivity index is 2.84. The van der Waals surface area contributed by atoms with Crippen molar-refractivity contribution < 1.29 is 0 Å². The number of fused-ring (bicyclic) bond motifs is 1. The summed E-state index contributed by atoms with van der Waals surface area (Å²) in [6.45, 7) is 0. The summed E-state index contributed by atoms with van der Waals surface area (Å²) in [7, 11) is 1.88. The third-order valence-corrected chi connectivity index (χ3v) is 2.41. The van der Waals surface area contributed by atoms with Gasteiger partial charge in [-0.2, -0.15) is 4.98 Å². The van der Waals surface area contributed by atoms with Crippen molar-refractivity contribution in [1.82, 2.24) is 19.5 Å². The third kappa shape index (κ3) is 1.23. The summed E-state index contributed by atoms with van der Waals surface area (Å²) >= 11 is 1.52. The molecule has 5 nitrogen and oxygen atoms in total. The lowest BCUT2D eigenvalue weighted by Gasteiger charge is -1.99. The average molecular weight is 195 g/mol. The molecule has 0 unspecified atom stereocenters. The van der Waals surface area contributed by atoms with Gasteiger partial charge in [0.2, 0.25) is 5.95 Å². The molecule has 0 saturated carbocycles. The molecule has 2 aromatic heterocycles. The molecule has 0 aromatic carbocycles. The van der Waals surface area contributed by atoms with E-state index in [1.54, 1.807) is 6.33 Å². The van der Waals surface area contributed by atoms with Gasteiger partial charge in [-0.1, -0.05) is 0 Å². The molecule has 0 radical (unpaired) electrons. The number of anilines is 1. The number of rotatable bonds is 1. The van der Waals surface area contributed by atoms with Crippen LogP contribution >= 0.6 is 11.8 Å². The molecule has 6 heteroatoms. The fraction of sp³-hybridized carbons (Fsp3) is 0.286. The van der Waals surface area contributed by atoms with Crippen molar-refractivity contribution in [2.24, 2.45) is 7.05 Å². The van der Waals surface area contributed by atoms with E-state index in [1.165, 1.54) is 11.8 Å². The Bertz CT molecular complexity index is 449. The maximum Gasteiger partial charge on any atom is 0.223 e. The van der Waals surface area contributed by atoms with Gasteiger partial charge in [0.05, 0.1) is 6.33 Å². The summed E-state index contributed by atoms with van der Waals surface area (Å²) < 4.78 is 1.83. The van der Waals surface area contributed by atoms with E-state index in [9.17, 15) is 0 Å². The van der Waals surface area contributed by atoms with E-state index in [0.29, 0.717) is 5.95 Å². The van der Waals surface area contributed by atoms with Crippen LogP contribution in [0.15, 0.2) is 11.4 Å². The van der Waals surface area contributed by atoms with Crippen molar-refractivity contribution in [2.45, 2.75) is 5.03 Å². The second-order valence-corrected chi connectivity index (χ2v) is 3.41.